The first-order valence-corrected chi connectivity index (χ1v) is 23.7. The van der Waals surface area contributed by atoms with E-state index in [0.29, 0.717) is 6.42 Å². The Morgan fingerprint density at radius 2 is 1.04 bits per heavy atom. The Kier molecular flexibility index (Phi) is 31.1. The first kappa shape index (κ1) is 53.1. The van der Waals surface area contributed by atoms with Crippen molar-refractivity contribution in [3.05, 3.63) is 12.2 Å². The molecule has 13 nitrogen and oxygen atoms in total. The summed E-state index contributed by atoms with van der Waals surface area (Å²) in [6, 6.07) is -1.16. The van der Waals surface area contributed by atoms with E-state index in [9.17, 15) is 50.0 Å². The highest BCUT2D eigenvalue weighted by Gasteiger charge is 2.51. The number of unbranched alkanes of at least 4 members (excludes halogenated alkanes) is 22. The van der Waals surface area contributed by atoms with Gasteiger partial charge in [0.25, 0.3) is 0 Å². The maximum atomic E-state index is 12.9. The summed E-state index contributed by atoms with van der Waals surface area (Å²) in [5.41, 5.74) is 0. The first-order valence-electron chi connectivity index (χ1n) is 22.2. The van der Waals surface area contributed by atoms with Crippen molar-refractivity contribution < 1.29 is 59.0 Å². The van der Waals surface area contributed by atoms with Crippen LogP contribution in [-0.4, -0.2) is 108 Å². The number of phosphoric acid groups is 1. The molecule has 8 unspecified atom stereocenters. The lowest BCUT2D eigenvalue weighted by Gasteiger charge is -2.41. The number of carbonyl (C=O) groups excluding carboxylic acids is 1. The smallest absolute Gasteiger partial charge is 0.392 e. The van der Waals surface area contributed by atoms with E-state index in [1.165, 1.54) is 96.3 Å². The SMILES string of the molecule is CCCCCC/C=C\CC(O)CC(=O)NC(COP(=O)(O)OC1C(O)C(O)C(O)C(O)C1O)C(O)CCCCCCCCCCCCCCCCCCCCC. The molecule has 0 radical (unpaired) electrons. The Bertz CT molecular complexity index is 1020. The number of hydrogen-bond acceptors (Lipinski definition) is 11. The molecular weight excluding hydrogens is 741 g/mol. The van der Waals surface area contributed by atoms with Gasteiger partial charge in [-0.1, -0.05) is 167 Å². The number of rotatable bonds is 36. The number of aliphatic hydroxyl groups excluding tert-OH is 7. The van der Waals surface area contributed by atoms with Crippen LogP contribution in [0.1, 0.15) is 187 Å². The summed E-state index contributed by atoms with van der Waals surface area (Å²) >= 11 is 0. The highest BCUT2D eigenvalue weighted by Crippen LogP contribution is 2.47. The molecule has 14 heteroatoms. The second-order valence-corrected chi connectivity index (χ2v) is 17.5. The van der Waals surface area contributed by atoms with Crippen molar-refractivity contribution in [2.75, 3.05) is 6.61 Å². The fourth-order valence-electron chi connectivity index (χ4n) is 7.19. The zero-order valence-corrected chi connectivity index (χ0v) is 35.7. The van der Waals surface area contributed by atoms with Crippen LogP contribution in [0.4, 0.5) is 0 Å². The number of amides is 1. The summed E-state index contributed by atoms with van der Waals surface area (Å²) in [7, 11) is -5.11. The minimum atomic E-state index is -5.11. The molecule has 0 aliphatic heterocycles. The number of phosphoric ester groups is 1. The summed E-state index contributed by atoms with van der Waals surface area (Å²) < 4.78 is 22.8. The van der Waals surface area contributed by atoms with E-state index in [0.717, 1.165) is 51.4 Å². The second kappa shape index (κ2) is 32.8. The zero-order valence-electron chi connectivity index (χ0n) is 34.8. The van der Waals surface area contributed by atoms with E-state index in [4.69, 9.17) is 9.05 Å². The molecule has 0 aromatic heterocycles. The largest absolute Gasteiger partial charge is 0.472 e. The third-order valence-electron chi connectivity index (χ3n) is 10.9. The van der Waals surface area contributed by atoms with E-state index in [-0.39, 0.29) is 19.3 Å². The van der Waals surface area contributed by atoms with Crippen molar-refractivity contribution in [2.24, 2.45) is 0 Å². The lowest BCUT2D eigenvalue weighted by atomic mass is 9.85. The van der Waals surface area contributed by atoms with E-state index in [2.05, 4.69) is 19.2 Å². The summed E-state index contributed by atoms with van der Waals surface area (Å²) in [6.45, 7) is 3.70. The van der Waals surface area contributed by atoms with Crippen molar-refractivity contribution in [2.45, 2.75) is 242 Å². The molecule has 0 bridgehead atoms. The summed E-state index contributed by atoms with van der Waals surface area (Å²) in [6.07, 6.45) is 18.8. The quantitative estimate of drug-likeness (QED) is 0.0184. The second-order valence-electron chi connectivity index (χ2n) is 16.1. The van der Waals surface area contributed by atoms with E-state index in [1.807, 2.05) is 12.2 Å². The molecule has 8 atom stereocenters. The normalized spacial score (nSPS) is 24.2. The van der Waals surface area contributed by atoms with Gasteiger partial charge in [0.2, 0.25) is 5.91 Å². The Morgan fingerprint density at radius 1 is 0.625 bits per heavy atom. The van der Waals surface area contributed by atoms with Gasteiger partial charge >= 0.3 is 7.82 Å². The number of nitrogens with one attached hydrogen (secondary N) is 1. The average Bonchev–Trinajstić information content (AvgIpc) is 3.17. The summed E-state index contributed by atoms with van der Waals surface area (Å²) in [5, 5.41) is 74.2. The van der Waals surface area contributed by atoms with Crippen LogP contribution in [0.25, 0.3) is 0 Å². The Balaban J connectivity index is 2.50. The minimum absolute atomic E-state index is 0.266. The molecule has 1 amide bonds. The first-order chi connectivity index (χ1) is 26.8. The van der Waals surface area contributed by atoms with E-state index < -0.39 is 75.2 Å². The van der Waals surface area contributed by atoms with Gasteiger partial charge in [-0.3, -0.25) is 13.8 Å². The topological polar surface area (TPSA) is 226 Å². The molecule has 0 saturated heterocycles. The van der Waals surface area contributed by atoms with Crippen molar-refractivity contribution in [3.63, 3.8) is 0 Å². The van der Waals surface area contributed by atoms with Crippen LogP contribution in [0, 0.1) is 0 Å². The van der Waals surface area contributed by atoms with Gasteiger partial charge in [0.1, 0.15) is 36.6 Å². The van der Waals surface area contributed by atoms with Crippen LogP contribution in [0.15, 0.2) is 12.2 Å². The molecule has 56 heavy (non-hydrogen) atoms. The van der Waals surface area contributed by atoms with Gasteiger partial charge in [-0.2, -0.15) is 0 Å². The third kappa shape index (κ3) is 24.8. The third-order valence-corrected chi connectivity index (χ3v) is 11.9. The molecule has 0 aromatic carbocycles. The molecule has 1 aliphatic carbocycles. The van der Waals surface area contributed by atoms with Crippen LogP contribution in [0.3, 0.4) is 0 Å². The Labute approximate surface area is 338 Å². The van der Waals surface area contributed by atoms with Crippen molar-refractivity contribution in [1.82, 2.24) is 5.32 Å². The molecule has 1 saturated carbocycles. The monoisotopic (exact) mass is 824 g/mol. The van der Waals surface area contributed by atoms with Gasteiger partial charge in [0, 0.05) is 0 Å². The highest BCUT2D eigenvalue weighted by molar-refractivity contribution is 7.47. The molecule has 0 spiro atoms. The molecule has 1 aliphatic rings. The van der Waals surface area contributed by atoms with Gasteiger partial charge in [-0.25, -0.2) is 4.57 Å². The minimum Gasteiger partial charge on any atom is -0.392 e. The molecule has 0 heterocycles. The molecule has 9 N–H and O–H groups in total. The van der Waals surface area contributed by atoms with Crippen LogP contribution in [0.5, 0.6) is 0 Å². The summed E-state index contributed by atoms with van der Waals surface area (Å²) in [5.74, 6) is -0.596. The highest BCUT2D eigenvalue weighted by atomic mass is 31.2. The van der Waals surface area contributed by atoms with Gasteiger partial charge < -0.3 is 46.0 Å². The fraction of sp³-hybridized carbons (Fsp3) is 0.929. The molecule has 1 rings (SSSR count). The van der Waals surface area contributed by atoms with Gasteiger partial charge in [-0.15, -0.1) is 0 Å². The average molecular weight is 824 g/mol. The van der Waals surface area contributed by atoms with Gasteiger partial charge in [0.05, 0.1) is 31.3 Å². The number of aliphatic hydroxyl groups is 7. The molecule has 1 fully saturated rings. The van der Waals surface area contributed by atoms with E-state index >= 15 is 0 Å². The predicted molar refractivity (Wildman–Crippen MR) is 220 cm³/mol. The number of carbonyl (C=O) groups is 1. The van der Waals surface area contributed by atoms with Gasteiger partial charge in [-0.05, 0) is 25.7 Å². The van der Waals surface area contributed by atoms with Crippen molar-refractivity contribution in [1.29, 1.82) is 0 Å². The molecule has 0 aromatic rings. The Hall–Kier alpha value is -0.960. The molecule has 332 valence electrons. The van der Waals surface area contributed by atoms with Crippen molar-refractivity contribution in [3.8, 4) is 0 Å². The van der Waals surface area contributed by atoms with Crippen molar-refractivity contribution >= 4 is 13.7 Å². The Morgan fingerprint density at radius 3 is 1.50 bits per heavy atom. The number of hydrogen-bond donors (Lipinski definition) is 9. The van der Waals surface area contributed by atoms with Crippen LogP contribution < -0.4 is 5.32 Å². The van der Waals surface area contributed by atoms with Crippen LogP contribution in [-0.2, 0) is 18.4 Å². The lowest BCUT2D eigenvalue weighted by Crippen LogP contribution is -2.64. The lowest BCUT2D eigenvalue weighted by molar-refractivity contribution is -0.220. The number of allylic oxidation sites excluding steroid dienone is 1. The maximum absolute atomic E-state index is 12.9. The standard InChI is InChI=1S/C42H82NO12P/c1-3-5-7-9-11-12-13-14-15-16-17-18-19-20-21-22-24-26-28-30-35(45)34(43-36(46)31-33(44)29-27-25-23-10-8-6-4-2)32-54-56(52,53)55-42-40(50)38(48)37(47)39(49)41(42)51/h25,27,33-35,37-42,44-45,47-51H,3-24,26,28-32H2,1-2H3,(H,43,46)(H,52,53)/b27-25-. The fourth-order valence-corrected chi connectivity index (χ4v) is 8.15. The van der Waals surface area contributed by atoms with E-state index in [1.54, 1.807) is 0 Å². The zero-order chi connectivity index (χ0) is 41.6. The van der Waals surface area contributed by atoms with Gasteiger partial charge in [0.15, 0.2) is 0 Å². The van der Waals surface area contributed by atoms with Crippen LogP contribution >= 0.6 is 7.82 Å². The van der Waals surface area contributed by atoms with Crippen LogP contribution in [0.2, 0.25) is 0 Å². The maximum Gasteiger partial charge on any atom is 0.472 e. The molecular formula is C42H82NO12P. The summed E-state index contributed by atoms with van der Waals surface area (Å²) in [4.78, 5) is 23.3. The predicted octanol–water partition coefficient (Wildman–Crippen LogP) is 6.64.